The van der Waals surface area contributed by atoms with E-state index in [0.29, 0.717) is 16.6 Å². The van der Waals surface area contributed by atoms with Crippen LogP contribution in [0, 0.1) is 6.92 Å². The van der Waals surface area contributed by atoms with Gasteiger partial charge in [-0.1, -0.05) is 41.4 Å². The first-order valence-corrected chi connectivity index (χ1v) is 9.06. The fraction of sp³-hybridized carbons (Fsp3) is 0.235. The third-order valence-electron chi connectivity index (χ3n) is 3.65. The van der Waals surface area contributed by atoms with E-state index in [9.17, 15) is 4.79 Å². The molecular weight excluding hydrogens is 351 g/mol. The van der Waals surface area contributed by atoms with Crippen LogP contribution in [-0.4, -0.2) is 23.2 Å². The van der Waals surface area contributed by atoms with Crippen molar-refractivity contribution < 1.29 is 4.79 Å². The summed E-state index contributed by atoms with van der Waals surface area (Å²) in [5.41, 5.74) is 2.82. The summed E-state index contributed by atoms with van der Waals surface area (Å²) >= 11 is 14.0. The van der Waals surface area contributed by atoms with E-state index in [0.717, 1.165) is 22.6 Å². The van der Waals surface area contributed by atoms with Gasteiger partial charge in [0.2, 0.25) is 0 Å². The molecule has 1 saturated heterocycles. The van der Waals surface area contributed by atoms with Crippen LogP contribution in [0.25, 0.3) is 0 Å². The van der Waals surface area contributed by atoms with Crippen molar-refractivity contribution in [2.75, 3.05) is 17.6 Å². The van der Waals surface area contributed by atoms with Crippen molar-refractivity contribution in [3.05, 3.63) is 63.6 Å². The number of thioether (sulfide) groups is 1. The zero-order chi connectivity index (χ0) is 16.4. The van der Waals surface area contributed by atoms with Crippen molar-refractivity contribution in [2.45, 2.75) is 12.3 Å². The lowest BCUT2D eigenvalue weighted by Crippen LogP contribution is -2.34. The summed E-state index contributed by atoms with van der Waals surface area (Å²) in [6.45, 7) is 2.68. The zero-order valence-electron chi connectivity index (χ0n) is 12.6. The minimum absolute atomic E-state index is 0.0930. The van der Waals surface area contributed by atoms with E-state index in [1.165, 1.54) is 0 Å². The lowest BCUT2D eigenvalue weighted by atomic mass is 10.2. The van der Waals surface area contributed by atoms with E-state index in [4.69, 9.17) is 23.2 Å². The number of hydrogen-bond donors (Lipinski definition) is 1. The number of carbonyl (C=O) groups excluding carboxylic acids is 1. The third kappa shape index (κ3) is 3.77. The van der Waals surface area contributed by atoms with Crippen molar-refractivity contribution in [3.63, 3.8) is 0 Å². The van der Waals surface area contributed by atoms with E-state index in [2.05, 4.69) is 5.32 Å². The van der Waals surface area contributed by atoms with Crippen LogP contribution in [0.5, 0.6) is 0 Å². The van der Waals surface area contributed by atoms with Crippen molar-refractivity contribution in [2.24, 2.45) is 0 Å². The summed E-state index contributed by atoms with van der Waals surface area (Å²) in [7, 11) is 0. The van der Waals surface area contributed by atoms with Gasteiger partial charge >= 0.3 is 6.03 Å². The summed E-state index contributed by atoms with van der Waals surface area (Å²) in [5.74, 6) is 0.880. The first kappa shape index (κ1) is 16.5. The molecule has 2 amide bonds. The Morgan fingerprint density at radius 1 is 1.26 bits per heavy atom. The number of aryl methyl sites for hydroxylation is 1. The predicted octanol–water partition coefficient (Wildman–Crippen LogP) is 5.58. The highest BCUT2D eigenvalue weighted by Gasteiger charge is 2.32. The number of nitrogens with one attached hydrogen (secondary N) is 1. The largest absolute Gasteiger partial charge is 0.323 e. The van der Waals surface area contributed by atoms with Gasteiger partial charge in [-0.3, -0.25) is 0 Å². The van der Waals surface area contributed by atoms with Crippen molar-refractivity contribution >= 4 is 46.7 Å². The Morgan fingerprint density at radius 3 is 2.83 bits per heavy atom. The van der Waals surface area contributed by atoms with Gasteiger partial charge in [-0.15, -0.1) is 11.8 Å². The van der Waals surface area contributed by atoms with Crippen LogP contribution in [0.3, 0.4) is 0 Å². The second-order valence-corrected chi connectivity index (χ2v) is 7.41. The average molecular weight is 367 g/mol. The summed E-state index contributed by atoms with van der Waals surface area (Å²) in [6, 6.07) is 13.1. The zero-order valence-corrected chi connectivity index (χ0v) is 14.9. The molecule has 1 aliphatic rings. The van der Waals surface area contributed by atoms with E-state index in [-0.39, 0.29) is 11.4 Å². The summed E-state index contributed by atoms with van der Waals surface area (Å²) in [5, 5.41) is 4.05. The van der Waals surface area contributed by atoms with Crippen LogP contribution in [0.15, 0.2) is 42.5 Å². The number of carbonyl (C=O) groups is 1. The molecule has 1 fully saturated rings. The average Bonchev–Trinajstić information content (AvgIpc) is 2.96. The number of nitrogens with zero attached hydrogens (tertiary/aromatic N) is 1. The molecule has 0 unspecified atom stereocenters. The van der Waals surface area contributed by atoms with E-state index in [1.807, 2.05) is 42.2 Å². The Morgan fingerprint density at radius 2 is 2.09 bits per heavy atom. The van der Waals surface area contributed by atoms with Gasteiger partial charge in [0, 0.05) is 33.6 Å². The molecule has 120 valence electrons. The molecule has 0 aromatic heterocycles. The lowest BCUT2D eigenvalue weighted by Gasteiger charge is -2.25. The highest BCUT2D eigenvalue weighted by atomic mass is 35.5. The van der Waals surface area contributed by atoms with Gasteiger partial charge in [-0.25, -0.2) is 4.79 Å². The van der Waals surface area contributed by atoms with Crippen molar-refractivity contribution in [3.8, 4) is 0 Å². The molecule has 6 heteroatoms. The van der Waals surface area contributed by atoms with Gasteiger partial charge in [0.1, 0.15) is 5.37 Å². The molecule has 0 saturated carbocycles. The van der Waals surface area contributed by atoms with Gasteiger partial charge in [0.05, 0.1) is 0 Å². The Kier molecular flexibility index (Phi) is 5.05. The maximum atomic E-state index is 12.6. The predicted molar refractivity (Wildman–Crippen MR) is 98.6 cm³/mol. The molecule has 1 aliphatic heterocycles. The van der Waals surface area contributed by atoms with E-state index >= 15 is 0 Å². The quantitative estimate of drug-likeness (QED) is 0.751. The molecule has 23 heavy (non-hydrogen) atoms. The maximum Gasteiger partial charge on any atom is 0.323 e. The second kappa shape index (κ2) is 7.04. The van der Waals surface area contributed by atoms with Gasteiger partial charge in [-0.05, 0) is 36.8 Å². The fourth-order valence-electron chi connectivity index (χ4n) is 2.56. The smallest absolute Gasteiger partial charge is 0.308 e. The molecule has 2 aromatic rings. The molecule has 3 nitrogen and oxygen atoms in total. The molecule has 0 spiro atoms. The number of halogens is 2. The highest BCUT2D eigenvalue weighted by molar-refractivity contribution is 7.99. The van der Waals surface area contributed by atoms with Gasteiger partial charge in [0.25, 0.3) is 0 Å². The van der Waals surface area contributed by atoms with Crippen molar-refractivity contribution in [1.82, 2.24) is 4.90 Å². The summed E-state index contributed by atoms with van der Waals surface area (Å²) < 4.78 is 0. The molecule has 0 bridgehead atoms. The van der Waals surface area contributed by atoms with Crippen LogP contribution in [0.2, 0.25) is 10.0 Å². The Balaban J connectivity index is 1.79. The van der Waals surface area contributed by atoms with Gasteiger partial charge in [0.15, 0.2) is 0 Å². The van der Waals surface area contributed by atoms with E-state index < -0.39 is 0 Å². The summed E-state index contributed by atoms with van der Waals surface area (Å²) in [6.07, 6.45) is 0. The maximum absolute atomic E-state index is 12.6. The Labute approximate surface area is 150 Å². The van der Waals surface area contributed by atoms with Crippen LogP contribution >= 0.6 is 35.0 Å². The van der Waals surface area contributed by atoms with E-state index in [1.54, 1.807) is 23.9 Å². The Bertz CT molecular complexity index is 738. The number of rotatable bonds is 2. The molecule has 2 aromatic carbocycles. The number of urea groups is 1. The number of hydrogen-bond acceptors (Lipinski definition) is 2. The fourth-order valence-corrected chi connectivity index (χ4v) is 4.42. The third-order valence-corrected chi connectivity index (χ3v) is 5.45. The molecular formula is C17H16Cl2N2OS. The number of amides is 2. The first-order chi connectivity index (χ1) is 11.0. The SMILES string of the molecule is Cc1cccc(NC(=O)N2CCS[C@@H]2c2ccc(Cl)cc2Cl)c1. The molecule has 3 rings (SSSR count). The normalized spacial score (nSPS) is 17.3. The first-order valence-electron chi connectivity index (χ1n) is 7.25. The van der Waals surface area contributed by atoms with Gasteiger partial charge in [-0.2, -0.15) is 0 Å². The molecule has 0 radical (unpaired) electrons. The molecule has 1 N–H and O–H groups in total. The minimum Gasteiger partial charge on any atom is -0.308 e. The van der Waals surface area contributed by atoms with Crippen LogP contribution in [0.1, 0.15) is 16.5 Å². The standard InChI is InChI=1S/C17H16Cl2N2OS/c1-11-3-2-4-13(9-11)20-17(22)21-7-8-23-16(21)14-6-5-12(18)10-15(14)19/h2-6,9-10,16H,7-8H2,1H3,(H,20,22)/t16-/m1/s1. The molecule has 1 heterocycles. The van der Waals surface area contributed by atoms with Crippen molar-refractivity contribution in [1.29, 1.82) is 0 Å². The number of anilines is 1. The number of benzene rings is 2. The van der Waals surface area contributed by atoms with Crippen LogP contribution < -0.4 is 5.32 Å². The highest BCUT2D eigenvalue weighted by Crippen LogP contribution is 2.41. The minimum atomic E-state index is -0.114. The van der Waals surface area contributed by atoms with Gasteiger partial charge < -0.3 is 10.2 Å². The summed E-state index contributed by atoms with van der Waals surface area (Å²) in [4.78, 5) is 14.4. The monoisotopic (exact) mass is 366 g/mol. The molecule has 1 atom stereocenters. The lowest BCUT2D eigenvalue weighted by molar-refractivity contribution is 0.214. The topological polar surface area (TPSA) is 32.3 Å². The molecule has 0 aliphatic carbocycles. The second-order valence-electron chi connectivity index (χ2n) is 5.38. The van der Waals surface area contributed by atoms with Crippen LogP contribution in [0.4, 0.5) is 10.5 Å². The Hall–Kier alpha value is -1.36. The van der Waals surface area contributed by atoms with Crippen LogP contribution in [-0.2, 0) is 0 Å².